The quantitative estimate of drug-likeness (QED) is 0.379. The number of carbonyl (C=O) groups excluding carboxylic acids is 1. The first-order chi connectivity index (χ1) is 6.43. The van der Waals surface area contributed by atoms with Crippen LogP contribution in [0.5, 0.6) is 0 Å². The predicted molar refractivity (Wildman–Crippen MR) is 59.6 cm³/mol. The fourth-order valence-electron chi connectivity index (χ4n) is 0.977. The van der Waals surface area contributed by atoms with Crippen LogP contribution in [0.15, 0.2) is 24.8 Å². The second-order valence-corrected chi connectivity index (χ2v) is 3.89. The van der Waals surface area contributed by atoms with E-state index in [2.05, 4.69) is 12.5 Å². The Balaban J connectivity index is 4.68. The first-order valence-electron chi connectivity index (χ1n) is 4.47. The van der Waals surface area contributed by atoms with Crippen molar-refractivity contribution in [3.63, 3.8) is 0 Å². The Kier molecular flexibility index (Phi) is 4.72. The molecule has 0 heterocycles. The third-order valence-electron chi connectivity index (χ3n) is 1.70. The molecule has 14 heavy (non-hydrogen) atoms. The molecule has 0 spiro atoms. The first-order valence-corrected chi connectivity index (χ1v) is 4.47. The third kappa shape index (κ3) is 3.95. The first kappa shape index (κ1) is 12.5. The summed E-state index contributed by atoms with van der Waals surface area (Å²) in [6.07, 6.45) is 9.85. The number of allylic oxidation sites excluding steroid dienone is 2. The Morgan fingerprint density at radius 3 is 2.50 bits per heavy atom. The summed E-state index contributed by atoms with van der Waals surface area (Å²) in [7, 11) is 0. The van der Waals surface area contributed by atoms with Crippen molar-refractivity contribution >= 4 is 5.91 Å². The molecule has 0 fully saturated rings. The molecule has 0 bridgehead atoms. The van der Waals surface area contributed by atoms with Crippen LogP contribution in [-0.4, -0.2) is 22.9 Å². The largest absolute Gasteiger partial charge is 0.323 e. The van der Waals surface area contributed by atoms with Gasteiger partial charge in [-0.15, -0.1) is 6.42 Å². The number of nitrogens with zero attached hydrogens (tertiary/aromatic N) is 1. The van der Waals surface area contributed by atoms with E-state index in [1.807, 2.05) is 20.8 Å². The van der Waals surface area contributed by atoms with Gasteiger partial charge in [0.1, 0.15) is 0 Å². The molecule has 0 rings (SSSR count). The van der Waals surface area contributed by atoms with Crippen LogP contribution in [0, 0.1) is 12.3 Å². The van der Waals surface area contributed by atoms with Gasteiger partial charge < -0.3 is 4.90 Å². The van der Waals surface area contributed by atoms with Gasteiger partial charge in [-0.1, -0.05) is 24.7 Å². The molecule has 0 unspecified atom stereocenters. The molecule has 0 aromatic heterocycles. The van der Waals surface area contributed by atoms with Crippen molar-refractivity contribution in [3.05, 3.63) is 24.8 Å². The number of rotatable bonds is 3. The summed E-state index contributed by atoms with van der Waals surface area (Å²) in [6, 6.07) is 0. The van der Waals surface area contributed by atoms with Crippen molar-refractivity contribution < 1.29 is 4.79 Å². The van der Waals surface area contributed by atoms with Crippen LogP contribution in [0.3, 0.4) is 0 Å². The van der Waals surface area contributed by atoms with Crippen molar-refractivity contribution in [3.8, 4) is 12.3 Å². The molecule has 2 heteroatoms. The van der Waals surface area contributed by atoms with Crippen LogP contribution in [0.1, 0.15) is 20.8 Å². The van der Waals surface area contributed by atoms with Gasteiger partial charge in [0.15, 0.2) is 0 Å². The lowest BCUT2D eigenvalue weighted by Crippen LogP contribution is -2.45. The normalized spacial score (nSPS) is 11.0. The maximum Gasteiger partial charge on any atom is 0.247 e. The molecule has 0 N–H and O–H groups in total. The van der Waals surface area contributed by atoms with E-state index in [1.165, 1.54) is 6.08 Å². The number of carbonyl (C=O) groups is 1. The summed E-state index contributed by atoms with van der Waals surface area (Å²) >= 11 is 0. The average Bonchev–Trinajstić information content (AvgIpc) is 2.08. The minimum Gasteiger partial charge on any atom is -0.323 e. The summed E-state index contributed by atoms with van der Waals surface area (Å²) < 4.78 is 0. The monoisotopic (exact) mass is 191 g/mol. The smallest absolute Gasteiger partial charge is 0.247 e. The topological polar surface area (TPSA) is 20.3 Å². The number of hydrogen-bond donors (Lipinski definition) is 0. The SMILES string of the molecule is C#CCN(C(=O)/C=C/C=C)C(C)(C)C. The van der Waals surface area contributed by atoms with E-state index in [0.717, 1.165) is 0 Å². The fraction of sp³-hybridized carbons (Fsp3) is 0.417. The van der Waals surface area contributed by atoms with Crippen LogP contribution >= 0.6 is 0 Å². The highest BCUT2D eigenvalue weighted by Gasteiger charge is 2.23. The second-order valence-electron chi connectivity index (χ2n) is 3.89. The maximum atomic E-state index is 11.6. The lowest BCUT2D eigenvalue weighted by Gasteiger charge is -2.33. The van der Waals surface area contributed by atoms with Gasteiger partial charge >= 0.3 is 0 Å². The third-order valence-corrected chi connectivity index (χ3v) is 1.70. The van der Waals surface area contributed by atoms with Crippen LogP contribution in [-0.2, 0) is 4.79 Å². The van der Waals surface area contributed by atoms with E-state index in [-0.39, 0.29) is 11.4 Å². The van der Waals surface area contributed by atoms with Gasteiger partial charge in [0, 0.05) is 11.6 Å². The average molecular weight is 191 g/mol. The van der Waals surface area contributed by atoms with Crippen LogP contribution in [0.2, 0.25) is 0 Å². The summed E-state index contributed by atoms with van der Waals surface area (Å²) in [6.45, 7) is 9.67. The lowest BCUT2D eigenvalue weighted by molar-refractivity contribution is -0.129. The molecule has 0 aliphatic rings. The van der Waals surface area contributed by atoms with Crippen molar-refractivity contribution in [1.29, 1.82) is 0 Å². The molecule has 0 aliphatic heterocycles. The highest BCUT2D eigenvalue weighted by Crippen LogP contribution is 2.13. The van der Waals surface area contributed by atoms with Gasteiger partial charge in [-0.2, -0.15) is 0 Å². The van der Waals surface area contributed by atoms with Gasteiger partial charge in [0.2, 0.25) is 5.91 Å². The predicted octanol–water partition coefficient (Wildman–Crippen LogP) is 1.99. The highest BCUT2D eigenvalue weighted by atomic mass is 16.2. The van der Waals surface area contributed by atoms with Crippen molar-refractivity contribution in [1.82, 2.24) is 4.90 Å². The van der Waals surface area contributed by atoms with Gasteiger partial charge in [-0.25, -0.2) is 0 Å². The summed E-state index contributed by atoms with van der Waals surface area (Å²) in [5.41, 5.74) is -0.255. The standard InChI is InChI=1S/C12H17NO/c1-6-8-9-11(14)13(10-7-2)12(3,4)5/h2,6,8-9H,1,10H2,3-5H3/b9-8+. The molecular weight excluding hydrogens is 174 g/mol. The van der Waals surface area contributed by atoms with Crippen LogP contribution < -0.4 is 0 Å². The van der Waals surface area contributed by atoms with Crippen LogP contribution in [0.25, 0.3) is 0 Å². The molecule has 0 saturated carbocycles. The van der Waals surface area contributed by atoms with Crippen molar-refractivity contribution in [2.45, 2.75) is 26.3 Å². The molecule has 0 atom stereocenters. The molecule has 0 aromatic carbocycles. The molecule has 76 valence electrons. The van der Waals surface area contributed by atoms with E-state index in [4.69, 9.17) is 6.42 Å². The van der Waals surface area contributed by atoms with E-state index in [1.54, 1.807) is 17.1 Å². The van der Waals surface area contributed by atoms with E-state index in [9.17, 15) is 4.79 Å². The van der Waals surface area contributed by atoms with Gasteiger partial charge in [-0.05, 0) is 20.8 Å². The fourth-order valence-corrected chi connectivity index (χ4v) is 0.977. The van der Waals surface area contributed by atoms with E-state index >= 15 is 0 Å². The van der Waals surface area contributed by atoms with Gasteiger partial charge in [0.25, 0.3) is 0 Å². The molecule has 2 nitrogen and oxygen atoms in total. The van der Waals surface area contributed by atoms with Gasteiger partial charge in [-0.3, -0.25) is 4.79 Å². The molecule has 0 aromatic rings. The number of terminal acetylenes is 1. The summed E-state index contributed by atoms with van der Waals surface area (Å²) in [5.74, 6) is 2.39. The Hall–Kier alpha value is -1.49. The zero-order valence-corrected chi connectivity index (χ0v) is 9.08. The zero-order valence-electron chi connectivity index (χ0n) is 9.08. The van der Waals surface area contributed by atoms with Crippen molar-refractivity contribution in [2.75, 3.05) is 6.54 Å². The minimum absolute atomic E-state index is 0.0876. The molecule has 1 amide bonds. The highest BCUT2D eigenvalue weighted by molar-refractivity contribution is 5.88. The zero-order chi connectivity index (χ0) is 11.2. The Morgan fingerprint density at radius 2 is 2.14 bits per heavy atom. The number of hydrogen-bond acceptors (Lipinski definition) is 1. The summed E-state index contributed by atoms with van der Waals surface area (Å²) in [5, 5.41) is 0. The molecule has 0 radical (unpaired) electrons. The Labute approximate surface area is 86.3 Å². The minimum atomic E-state index is -0.255. The summed E-state index contributed by atoms with van der Waals surface area (Å²) in [4.78, 5) is 13.3. The van der Waals surface area contributed by atoms with E-state index in [0.29, 0.717) is 6.54 Å². The Morgan fingerprint density at radius 1 is 1.57 bits per heavy atom. The number of amides is 1. The lowest BCUT2D eigenvalue weighted by atomic mass is 10.1. The second kappa shape index (κ2) is 5.29. The van der Waals surface area contributed by atoms with Gasteiger partial charge in [0.05, 0.1) is 6.54 Å². The maximum absolute atomic E-state index is 11.6. The van der Waals surface area contributed by atoms with Crippen LogP contribution in [0.4, 0.5) is 0 Å². The molecule has 0 saturated heterocycles. The van der Waals surface area contributed by atoms with E-state index < -0.39 is 0 Å². The molecular formula is C12H17NO. The molecule has 0 aliphatic carbocycles. The Bertz CT molecular complexity index is 276. The van der Waals surface area contributed by atoms with Crippen molar-refractivity contribution in [2.24, 2.45) is 0 Å².